The minimum Gasteiger partial charge on any atom is -0.473 e. The van der Waals surface area contributed by atoms with E-state index in [2.05, 4.69) is 77.6 Å². The number of aromatic nitrogens is 1. The molecule has 1 fully saturated rings. The Kier molecular flexibility index (Phi) is 5.25. The van der Waals surface area contributed by atoms with Crippen LogP contribution >= 0.6 is 0 Å². The van der Waals surface area contributed by atoms with Gasteiger partial charge < -0.3 is 14.2 Å². The lowest BCUT2D eigenvalue weighted by molar-refractivity contribution is 0.394. The summed E-state index contributed by atoms with van der Waals surface area (Å²) in [4.78, 5) is 2.47. The van der Waals surface area contributed by atoms with Crippen molar-refractivity contribution in [2.24, 2.45) is 11.8 Å². The fourth-order valence-electron chi connectivity index (χ4n) is 4.37. The highest BCUT2D eigenvalue weighted by Gasteiger charge is 2.29. The number of hydrogen-bond acceptors (Lipinski definition) is 2. The number of fused-ring (bicyclic) bond motifs is 3. The number of hydrogen-bond donors (Lipinski definition) is 0. The van der Waals surface area contributed by atoms with Crippen molar-refractivity contribution >= 4 is 27.5 Å². The number of benzene rings is 2. The average Bonchev–Trinajstić information content (AvgIpc) is 3.29. The van der Waals surface area contributed by atoms with E-state index < -0.39 is 0 Å². The van der Waals surface area contributed by atoms with E-state index in [1.54, 1.807) is 12.5 Å². The number of rotatable bonds is 6. The summed E-state index contributed by atoms with van der Waals surface area (Å²) in [7, 11) is 0. The number of aryl methyl sites for hydroxylation is 1. The summed E-state index contributed by atoms with van der Waals surface area (Å²) >= 11 is 0. The van der Waals surface area contributed by atoms with Gasteiger partial charge in [0.15, 0.2) is 0 Å². The van der Waals surface area contributed by atoms with E-state index in [1.807, 2.05) is 13.0 Å². The van der Waals surface area contributed by atoms with Gasteiger partial charge in [0.2, 0.25) is 0 Å². The molecule has 0 spiro atoms. The van der Waals surface area contributed by atoms with Crippen molar-refractivity contribution in [3.05, 3.63) is 79.8 Å². The molecule has 3 aromatic rings. The molecule has 2 unspecified atom stereocenters. The van der Waals surface area contributed by atoms with Crippen LogP contribution in [-0.2, 0) is 11.3 Å². The smallest absolute Gasteiger partial charge is 0.0865 e. The van der Waals surface area contributed by atoms with E-state index >= 15 is 0 Å². The molecule has 0 amide bonds. The average molecular weight is 373 g/mol. The third-order valence-corrected chi connectivity index (χ3v) is 5.77. The minimum absolute atomic E-state index is 0.412. The molecule has 144 valence electrons. The van der Waals surface area contributed by atoms with Gasteiger partial charge in [0.25, 0.3) is 0 Å². The van der Waals surface area contributed by atoms with Gasteiger partial charge >= 0.3 is 0 Å². The van der Waals surface area contributed by atoms with E-state index in [0.29, 0.717) is 11.8 Å². The van der Waals surface area contributed by atoms with Gasteiger partial charge in [-0.1, -0.05) is 30.4 Å². The molecule has 3 nitrogen and oxygen atoms in total. The largest absolute Gasteiger partial charge is 0.473 e. The van der Waals surface area contributed by atoms with E-state index in [4.69, 9.17) is 4.74 Å². The zero-order valence-electron chi connectivity index (χ0n) is 16.7. The Balaban J connectivity index is 1.67. The highest BCUT2D eigenvalue weighted by atomic mass is 16.5. The molecule has 2 aromatic carbocycles. The van der Waals surface area contributed by atoms with Crippen LogP contribution in [-0.4, -0.2) is 17.7 Å². The van der Waals surface area contributed by atoms with Crippen LogP contribution in [0.4, 0.5) is 5.69 Å². The van der Waals surface area contributed by atoms with Gasteiger partial charge in [-0.2, -0.15) is 0 Å². The Morgan fingerprint density at radius 2 is 1.82 bits per heavy atom. The first-order valence-corrected chi connectivity index (χ1v) is 10.1. The molecule has 4 rings (SSSR count). The lowest BCUT2D eigenvalue weighted by atomic mass is 9.97. The quantitative estimate of drug-likeness (QED) is 0.383. The number of allylic oxidation sites excluding steroid dienone is 1. The summed E-state index contributed by atoms with van der Waals surface area (Å²) in [6.07, 6.45) is 9.62. The van der Waals surface area contributed by atoms with Crippen molar-refractivity contribution in [3.63, 3.8) is 0 Å². The summed E-state index contributed by atoms with van der Waals surface area (Å²) in [6, 6.07) is 15.6. The lowest BCUT2D eigenvalue weighted by Crippen LogP contribution is -2.19. The molecule has 1 saturated heterocycles. The third-order valence-electron chi connectivity index (χ3n) is 5.77. The fraction of sp³-hybridized carbons (Fsp3) is 0.280. The zero-order chi connectivity index (χ0) is 19.5. The second-order valence-corrected chi connectivity index (χ2v) is 7.37. The highest BCUT2D eigenvalue weighted by molar-refractivity contribution is 6.09. The number of para-hydroxylation sites is 1. The normalized spacial score (nSPS) is 20.1. The van der Waals surface area contributed by atoms with Crippen LogP contribution < -0.4 is 4.90 Å². The van der Waals surface area contributed by atoms with Crippen LogP contribution in [0.5, 0.6) is 0 Å². The van der Waals surface area contributed by atoms with E-state index in [9.17, 15) is 0 Å². The first-order valence-electron chi connectivity index (χ1n) is 10.1. The maximum atomic E-state index is 5.38. The molecule has 0 N–H and O–H groups in total. The fourth-order valence-corrected chi connectivity index (χ4v) is 4.37. The molecule has 0 aliphatic carbocycles. The summed E-state index contributed by atoms with van der Waals surface area (Å²) < 4.78 is 7.78. The predicted molar refractivity (Wildman–Crippen MR) is 120 cm³/mol. The highest BCUT2D eigenvalue weighted by Crippen LogP contribution is 2.35. The summed E-state index contributed by atoms with van der Waals surface area (Å²) in [6.45, 7) is 11.1. The maximum absolute atomic E-state index is 5.38. The molecule has 0 bridgehead atoms. The van der Waals surface area contributed by atoms with Crippen LogP contribution in [0.15, 0.2) is 79.8 Å². The topological polar surface area (TPSA) is 17.4 Å². The van der Waals surface area contributed by atoms with Crippen LogP contribution in [0.2, 0.25) is 0 Å². The predicted octanol–water partition coefficient (Wildman–Crippen LogP) is 6.12. The van der Waals surface area contributed by atoms with E-state index in [0.717, 1.165) is 19.6 Å². The maximum Gasteiger partial charge on any atom is 0.0865 e. The third kappa shape index (κ3) is 3.22. The second-order valence-electron chi connectivity index (χ2n) is 7.37. The van der Waals surface area contributed by atoms with Crippen molar-refractivity contribution < 1.29 is 4.74 Å². The number of nitrogens with zero attached hydrogens (tertiary/aromatic N) is 2. The van der Waals surface area contributed by atoms with Crippen molar-refractivity contribution in [1.82, 2.24) is 4.57 Å². The molecule has 0 saturated carbocycles. The molecule has 2 atom stereocenters. The lowest BCUT2D eigenvalue weighted by Gasteiger charge is -2.18. The van der Waals surface area contributed by atoms with Gasteiger partial charge in [0.05, 0.1) is 12.5 Å². The second kappa shape index (κ2) is 7.97. The van der Waals surface area contributed by atoms with Gasteiger partial charge in [-0.3, -0.25) is 0 Å². The van der Waals surface area contributed by atoms with Gasteiger partial charge in [0, 0.05) is 59.0 Å². The zero-order valence-corrected chi connectivity index (χ0v) is 16.7. The summed E-state index contributed by atoms with van der Waals surface area (Å²) in [5, 5.41) is 2.66. The van der Waals surface area contributed by atoms with Crippen LogP contribution in [0.1, 0.15) is 13.8 Å². The van der Waals surface area contributed by atoms with Crippen molar-refractivity contribution in [2.75, 3.05) is 18.0 Å². The molecule has 3 heteroatoms. The van der Waals surface area contributed by atoms with Crippen LogP contribution in [0, 0.1) is 11.8 Å². The van der Waals surface area contributed by atoms with E-state index in [-0.39, 0.29) is 0 Å². The molecule has 28 heavy (non-hydrogen) atoms. The van der Waals surface area contributed by atoms with E-state index in [1.165, 1.54) is 27.5 Å². The van der Waals surface area contributed by atoms with Gasteiger partial charge in [-0.15, -0.1) is 6.58 Å². The Morgan fingerprint density at radius 1 is 1.04 bits per heavy atom. The standard InChI is InChI=1S/C25H28N2O/c1-4-14-28-15-13-20-18-26(17-19(20)5-2)21-11-12-25-23(16-21)22-9-7-8-10-24(22)27(25)6-3/h4-5,7-16,19-20H,2,6,17-18H2,1,3H3/b14-4+,15-13+. The first kappa shape index (κ1) is 18.4. The first-order chi connectivity index (χ1) is 13.8. The molecular weight excluding hydrogens is 344 g/mol. The van der Waals surface area contributed by atoms with Crippen molar-refractivity contribution in [3.8, 4) is 0 Å². The van der Waals surface area contributed by atoms with Crippen molar-refractivity contribution in [1.29, 1.82) is 0 Å². The minimum atomic E-state index is 0.412. The van der Waals surface area contributed by atoms with Gasteiger partial charge in [0.1, 0.15) is 0 Å². The monoisotopic (exact) mass is 372 g/mol. The Hall–Kier alpha value is -2.94. The molecule has 2 heterocycles. The summed E-state index contributed by atoms with van der Waals surface area (Å²) in [5.74, 6) is 0.841. The molecule has 1 aliphatic heterocycles. The Labute approximate surface area is 167 Å². The van der Waals surface area contributed by atoms with Crippen LogP contribution in [0.3, 0.4) is 0 Å². The Bertz CT molecular complexity index is 1040. The Morgan fingerprint density at radius 3 is 2.61 bits per heavy atom. The van der Waals surface area contributed by atoms with Crippen molar-refractivity contribution in [2.45, 2.75) is 20.4 Å². The molecular formula is C25H28N2O. The van der Waals surface area contributed by atoms with Gasteiger partial charge in [-0.25, -0.2) is 0 Å². The summed E-state index contributed by atoms with van der Waals surface area (Å²) in [5.41, 5.74) is 3.90. The SMILES string of the molecule is C=CC1CN(c2ccc3c(c2)c2ccccc2n3CC)CC1/C=C/O/C=C/C. The van der Waals surface area contributed by atoms with Gasteiger partial charge in [-0.05, 0) is 44.2 Å². The van der Waals surface area contributed by atoms with Crippen LogP contribution in [0.25, 0.3) is 21.8 Å². The molecule has 0 radical (unpaired) electrons. The number of anilines is 1. The number of ether oxygens (including phenoxy) is 1. The molecule has 1 aliphatic rings. The molecule has 1 aromatic heterocycles.